The second-order valence-electron chi connectivity index (χ2n) is 5.71. The Morgan fingerprint density at radius 1 is 1.25 bits per heavy atom. The number of hydrogen-bond donors (Lipinski definition) is 1. The molecule has 4 nitrogen and oxygen atoms in total. The monoisotopic (exact) mass is 270 g/mol. The number of nitrogens with zero attached hydrogens (tertiary/aromatic N) is 1. The van der Waals surface area contributed by atoms with E-state index in [1.54, 1.807) is 12.1 Å². The summed E-state index contributed by atoms with van der Waals surface area (Å²) in [6.45, 7) is 6.00. The number of aromatic nitrogens is 1. The number of hydrogen-bond acceptors (Lipinski definition) is 4. The Labute approximate surface area is 118 Å². The van der Waals surface area contributed by atoms with Gasteiger partial charge in [-0.3, -0.25) is 0 Å². The summed E-state index contributed by atoms with van der Waals surface area (Å²) < 4.78 is 11.8. The molecule has 2 heterocycles. The lowest BCUT2D eigenvalue weighted by molar-refractivity contribution is 0.135. The molecule has 0 bridgehead atoms. The molecule has 4 heteroatoms. The third kappa shape index (κ3) is 2.29. The van der Waals surface area contributed by atoms with Crippen molar-refractivity contribution in [1.29, 1.82) is 0 Å². The van der Waals surface area contributed by atoms with Crippen LogP contribution in [0, 0.1) is 6.92 Å². The minimum absolute atomic E-state index is 0.188. The Hall–Kier alpha value is -2.23. The van der Waals surface area contributed by atoms with Crippen LogP contribution in [0.1, 0.15) is 25.1 Å². The van der Waals surface area contributed by atoms with E-state index in [1.807, 2.05) is 19.1 Å². The topological polar surface area (TPSA) is 57.4 Å². The van der Waals surface area contributed by atoms with Gasteiger partial charge >= 0.3 is 0 Å². The molecule has 0 radical (unpaired) electrons. The summed E-state index contributed by atoms with van der Waals surface area (Å²) in [6.07, 6.45) is 0.883. The van der Waals surface area contributed by atoms with Gasteiger partial charge in [-0.2, -0.15) is 0 Å². The molecular formula is C16H18N2O2. The summed E-state index contributed by atoms with van der Waals surface area (Å²) in [5.74, 6) is 2.04. The van der Waals surface area contributed by atoms with E-state index in [0.29, 0.717) is 17.3 Å². The lowest BCUT2D eigenvalue weighted by atomic mass is 10.0. The normalized spacial score (nSPS) is 15.6. The Kier molecular flexibility index (Phi) is 2.82. The Bertz CT molecular complexity index is 666. The number of nitrogen functional groups attached to an aromatic ring is 1. The standard InChI is InChI=1S/C16H18N2O2/c1-10-12(17)7-8-14(18-10)19-13-6-4-5-11-9-16(2,3)20-15(11)13/h4-8H,9,17H2,1-3H3. The van der Waals surface area contributed by atoms with E-state index in [-0.39, 0.29) is 5.60 Å². The summed E-state index contributed by atoms with van der Waals surface area (Å²) in [7, 11) is 0. The molecule has 0 unspecified atom stereocenters. The van der Waals surface area contributed by atoms with E-state index < -0.39 is 0 Å². The Balaban J connectivity index is 1.93. The second-order valence-corrected chi connectivity index (χ2v) is 5.71. The number of fused-ring (bicyclic) bond motifs is 1. The average molecular weight is 270 g/mol. The molecular weight excluding hydrogens is 252 g/mol. The molecule has 1 aliphatic rings. The lowest BCUT2D eigenvalue weighted by Crippen LogP contribution is -2.24. The van der Waals surface area contributed by atoms with Crippen LogP contribution in [0.2, 0.25) is 0 Å². The molecule has 1 aliphatic heterocycles. The van der Waals surface area contributed by atoms with Crippen molar-refractivity contribution in [2.24, 2.45) is 0 Å². The van der Waals surface area contributed by atoms with Crippen molar-refractivity contribution in [3.05, 3.63) is 41.6 Å². The molecule has 1 aromatic carbocycles. The van der Waals surface area contributed by atoms with Crippen LogP contribution in [0.3, 0.4) is 0 Å². The van der Waals surface area contributed by atoms with Crippen LogP contribution in [-0.4, -0.2) is 10.6 Å². The van der Waals surface area contributed by atoms with Crippen LogP contribution >= 0.6 is 0 Å². The van der Waals surface area contributed by atoms with Gasteiger partial charge in [-0.15, -0.1) is 0 Å². The number of nitrogens with two attached hydrogens (primary N) is 1. The summed E-state index contributed by atoms with van der Waals surface area (Å²) in [6, 6.07) is 9.50. The highest BCUT2D eigenvalue weighted by atomic mass is 16.5. The van der Waals surface area contributed by atoms with Gasteiger partial charge in [0.2, 0.25) is 5.88 Å². The van der Waals surface area contributed by atoms with Crippen LogP contribution in [0.15, 0.2) is 30.3 Å². The molecule has 0 spiro atoms. The highest BCUT2D eigenvalue weighted by molar-refractivity contribution is 5.52. The zero-order chi connectivity index (χ0) is 14.3. The third-order valence-electron chi connectivity index (χ3n) is 3.37. The highest BCUT2D eigenvalue weighted by Gasteiger charge is 2.32. The Morgan fingerprint density at radius 3 is 2.80 bits per heavy atom. The van der Waals surface area contributed by atoms with E-state index in [0.717, 1.165) is 17.9 Å². The maximum atomic E-state index is 5.97. The summed E-state index contributed by atoms with van der Waals surface area (Å²) >= 11 is 0. The molecule has 104 valence electrons. The number of rotatable bonds is 2. The van der Waals surface area contributed by atoms with Gasteiger partial charge in [0.15, 0.2) is 11.5 Å². The van der Waals surface area contributed by atoms with Crippen LogP contribution < -0.4 is 15.2 Å². The van der Waals surface area contributed by atoms with Gasteiger partial charge in [0.25, 0.3) is 0 Å². The van der Waals surface area contributed by atoms with Crippen LogP contribution in [-0.2, 0) is 6.42 Å². The zero-order valence-electron chi connectivity index (χ0n) is 11.9. The van der Waals surface area contributed by atoms with Crippen molar-refractivity contribution in [2.75, 3.05) is 5.73 Å². The second kappa shape index (κ2) is 4.40. The number of aryl methyl sites for hydroxylation is 1. The van der Waals surface area contributed by atoms with Crippen LogP contribution in [0.4, 0.5) is 5.69 Å². The summed E-state index contributed by atoms with van der Waals surface area (Å²) in [5.41, 5.74) is 8.16. The molecule has 1 aromatic heterocycles. The molecule has 2 aromatic rings. The molecule has 0 saturated carbocycles. The maximum Gasteiger partial charge on any atom is 0.219 e. The van der Waals surface area contributed by atoms with E-state index in [9.17, 15) is 0 Å². The number of benzene rings is 1. The van der Waals surface area contributed by atoms with E-state index >= 15 is 0 Å². The largest absolute Gasteiger partial charge is 0.483 e. The maximum absolute atomic E-state index is 5.97. The summed E-state index contributed by atoms with van der Waals surface area (Å²) in [5, 5.41) is 0. The van der Waals surface area contributed by atoms with Crippen molar-refractivity contribution in [3.8, 4) is 17.4 Å². The molecule has 0 atom stereocenters. The minimum Gasteiger partial charge on any atom is -0.483 e. The van der Waals surface area contributed by atoms with Crippen LogP contribution in [0.25, 0.3) is 0 Å². The predicted octanol–water partition coefficient (Wildman–Crippen LogP) is 3.48. The van der Waals surface area contributed by atoms with Gasteiger partial charge in [-0.05, 0) is 32.9 Å². The van der Waals surface area contributed by atoms with Gasteiger partial charge in [0.1, 0.15) is 5.60 Å². The van der Waals surface area contributed by atoms with Gasteiger partial charge in [0.05, 0.1) is 11.4 Å². The molecule has 20 heavy (non-hydrogen) atoms. The molecule has 0 fully saturated rings. The number of para-hydroxylation sites is 1. The smallest absolute Gasteiger partial charge is 0.219 e. The zero-order valence-corrected chi connectivity index (χ0v) is 11.9. The SMILES string of the molecule is Cc1nc(Oc2cccc3c2OC(C)(C)C3)ccc1N. The van der Waals surface area contributed by atoms with E-state index in [1.165, 1.54) is 5.56 Å². The van der Waals surface area contributed by atoms with E-state index in [2.05, 4.69) is 24.9 Å². The fourth-order valence-electron chi connectivity index (χ4n) is 2.39. The molecule has 0 saturated heterocycles. The predicted molar refractivity (Wildman–Crippen MR) is 78.3 cm³/mol. The van der Waals surface area contributed by atoms with Crippen molar-refractivity contribution in [1.82, 2.24) is 4.98 Å². The molecule has 2 N–H and O–H groups in total. The lowest BCUT2D eigenvalue weighted by Gasteiger charge is -2.18. The van der Waals surface area contributed by atoms with Crippen LogP contribution in [0.5, 0.6) is 17.4 Å². The van der Waals surface area contributed by atoms with Gasteiger partial charge in [-0.1, -0.05) is 12.1 Å². The first kappa shape index (κ1) is 12.8. The van der Waals surface area contributed by atoms with Crippen molar-refractivity contribution in [3.63, 3.8) is 0 Å². The number of pyridine rings is 1. The highest BCUT2D eigenvalue weighted by Crippen LogP contribution is 2.43. The summed E-state index contributed by atoms with van der Waals surface area (Å²) in [4.78, 5) is 4.33. The first-order valence-corrected chi connectivity index (χ1v) is 6.66. The quantitative estimate of drug-likeness (QED) is 0.907. The molecule has 0 aliphatic carbocycles. The van der Waals surface area contributed by atoms with E-state index in [4.69, 9.17) is 15.2 Å². The van der Waals surface area contributed by atoms with Crippen molar-refractivity contribution in [2.45, 2.75) is 32.8 Å². The number of ether oxygens (including phenoxy) is 2. The molecule has 3 rings (SSSR count). The average Bonchev–Trinajstić information content (AvgIpc) is 2.69. The van der Waals surface area contributed by atoms with Crippen molar-refractivity contribution < 1.29 is 9.47 Å². The van der Waals surface area contributed by atoms with Crippen molar-refractivity contribution >= 4 is 5.69 Å². The van der Waals surface area contributed by atoms with Gasteiger partial charge in [0, 0.05) is 18.1 Å². The first-order chi connectivity index (χ1) is 9.44. The third-order valence-corrected chi connectivity index (χ3v) is 3.37. The fraction of sp³-hybridized carbons (Fsp3) is 0.312. The minimum atomic E-state index is -0.188. The molecule has 0 amide bonds. The van der Waals surface area contributed by atoms with Gasteiger partial charge < -0.3 is 15.2 Å². The first-order valence-electron chi connectivity index (χ1n) is 6.66. The van der Waals surface area contributed by atoms with Gasteiger partial charge in [-0.25, -0.2) is 4.98 Å². The number of anilines is 1. The Morgan fingerprint density at radius 2 is 2.05 bits per heavy atom. The fourth-order valence-corrected chi connectivity index (χ4v) is 2.39.